The molecule has 0 spiro atoms. The second-order valence-electron chi connectivity index (χ2n) is 16.7. The van der Waals surface area contributed by atoms with E-state index in [0.717, 1.165) is 44.1 Å². The van der Waals surface area contributed by atoms with Crippen LogP contribution in [-0.2, 0) is 0 Å². The summed E-state index contributed by atoms with van der Waals surface area (Å²) in [6, 6.07) is 55.0. The topological polar surface area (TPSA) is 16.4 Å². The van der Waals surface area contributed by atoms with E-state index >= 15 is 0 Å². The van der Waals surface area contributed by atoms with E-state index in [-0.39, 0.29) is 0 Å². The molecule has 60 heavy (non-hydrogen) atoms. The first-order valence-electron chi connectivity index (χ1n) is 21.1. The first-order chi connectivity index (χ1) is 29.1. The number of hydrogen-bond acceptors (Lipinski definition) is 2. The van der Waals surface area contributed by atoms with Crippen LogP contribution in [0.3, 0.4) is 0 Å². The number of fused-ring (bicyclic) bond motifs is 6. The molecule has 0 saturated carbocycles. The van der Waals surface area contributed by atoms with Gasteiger partial charge in [0.25, 0.3) is 0 Å². The Bertz CT molecular complexity index is 3320. The first-order valence-corrected chi connectivity index (χ1v) is 21.1. The van der Waals surface area contributed by atoms with Gasteiger partial charge in [0.1, 0.15) is 73.9 Å². The second kappa shape index (κ2) is 14.7. The number of rotatable bonds is 6. The maximum absolute atomic E-state index is 6.67. The lowest BCUT2D eigenvalue weighted by molar-refractivity contribution is 0.673. The molecule has 0 fully saturated rings. The van der Waals surface area contributed by atoms with E-state index in [1.807, 2.05) is 0 Å². The summed E-state index contributed by atoms with van der Waals surface area (Å²) in [7, 11) is 18.5. The molecule has 0 aliphatic carbocycles. The van der Waals surface area contributed by atoms with Gasteiger partial charge >= 0.3 is 0 Å². The fourth-order valence-corrected chi connectivity index (χ4v) is 10.0. The number of hydrogen-bond donors (Lipinski definition) is 0. The zero-order valence-corrected chi connectivity index (χ0v) is 35.8. The summed E-state index contributed by atoms with van der Waals surface area (Å²) >= 11 is 0. The van der Waals surface area contributed by atoms with E-state index in [9.17, 15) is 0 Å². The van der Waals surface area contributed by atoms with Crippen LogP contribution in [0.15, 0.2) is 156 Å². The summed E-state index contributed by atoms with van der Waals surface area (Å²) in [6.45, 7) is 0. The molecule has 2 nitrogen and oxygen atoms in total. The monoisotopic (exact) mass is 759 g/mol. The highest BCUT2D eigenvalue weighted by molar-refractivity contribution is 6.65. The summed E-state index contributed by atoms with van der Waals surface area (Å²) in [6.07, 6.45) is 0. The van der Waals surface area contributed by atoms with Gasteiger partial charge in [0.2, 0.25) is 0 Å². The smallest absolute Gasteiger partial charge is 0.143 e. The molecule has 0 radical (unpaired) electrons. The fraction of sp³-hybridized carbons (Fsp3) is 0. The highest BCUT2D eigenvalue weighted by Gasteiger charge is 2.27. The first kappa shape index (κ1) is 37.9. The molecular formula is C50H41B8NO. The van der Waals surface area contributed by atoms with Gasteiger partial charge in [0, 0.05) is 33.2 Å². The molecule has 0 N–H and O–H groups in total. The van der Waals surface area contributed by atoms with Crippen LogP contribution < -0.4 is 48.6 Å². The largest absolute Gasteiger partial charge is 0.455 e. The molecule has 9 aromatic carbocycles. The Morgan fingerprint density at radius 3 is 1.60 bits per heavy atom. The molecular weight excluding hydrogens is 717 g/mol. The minimum absolute atomic E-state index is 0.901. The summed E-state index contributed by atoms with van der Waals surface area (Å²) in [5, 5.41) is 7.12. The standard InChI is InChI=1S/C50H41B8NO/c51-40-37(28-12-2-1-3-13-28)41(52)45(56)48(44(40)55)59(49-46(57)42(53)38(43(54)47(49)58)31-21-20-26-10-4-5-14-29(26)24-31)32-16-8-15-30(25-32)33-18-9-19-36-39(33)35-23-22-27-11-6-7-17-34(27)50(35)60-36/h1-25H,51-58H2. The number of nitrogens with zero attached hydrogens (tertiary/aromatic N) is 1. The Kier molecular flexibility index (Phi) is 9.28. The molecule has 10 rings (SSSR count). The lowest BCUT2D eigenvalue weighted by Gasteiger charge is -2.36. The SMILES string of the molecule is Bc1c(B)c(N(c2cccc(-c3cccc4oc5c6ccccc6ccc5c34)c2)c2c(B)c(B)c(-c3ccc4ccccc4c3)c(B)c2B)c(B)c(B)c1-c1ccccc1. The normalized spacial score (nSPS) is 11.5. The lowest BCUT2D eigenvalue weighted by atomic mass is 9.63. The number of benzene rings is 9. The van der Waals surface area contributed by atoms with E-state index in [1.165, 1.54) is 93.5 Å². The summed E-state index contributed by atoms with van der Waals surface area (Å²) in [5.41, 5.74) is 23.3. The average molecular weight is 758 g/mol. The molecule has 0 aliphatic heterocycles. The zero-order chi connectivity index (χ0) is 41.4. The predicted octanol–water partition coefficient (Wildman–Crippen LogP) is 0.430. The molecule has 0 atom stereocenters. The summed E-state index contributed by atoms with van der Waals surface area (Å²) < 4.78 is 6.67. The van der Waals surface area contributed by atoms with Gasteiger partial charge in [-0.15, -0.1) is 0 Å². The summed E-state index contributed by atoms with van der Waals surface area (Å²) in [4.78, 5) is 2.58. The second-order valence-corrected chi connectivity index (χ2v) is 16.7. The van der Waals surface area contributed by atoms with Crippen molar-refractivity contribution in [3.8, 4) is 33.4 Å². The van der Waals surface area contributed by atoms with Crippen LogP contribution in [0.2, 0.25) is 0 Å². The molecule has 0 unspecified atom stereocenters. The quantitative estimate of drug-likeness (QED) is 0.229. The third kappa shape index (κ3) is 5.91. The van der Waals surface area contributed by atoms with Crippen molar-refractivity contribution in [2.75, 3.05) is 4.90 Å². The molecule has 0 aliphatic rings. The molecule has 0 bridgehead atoms. The Morgan fingerprint density at radius 2 is 0.917 bits per heavy atom. The van der Waals surface area contributed by atoms with Crippen LogP contribution in [0.5, 0.6) is 0 Å². The molecule has 0 saturated heterocycles. The van der Waals surface area contributed by atoms with Gasteiger partial charge in [-0.1, -0.05) is 165 Å². The highest BCUT2D eigenvalue weighted by Crippen LogP contribution is 2.41. The molecule has 0 amide bonds. The van der Waals surface area contributed by atoms with Crippen molar-refractivity contribution < 1.29 is 4.42 Å². The van der Waals surface area contributed by atoms with Crippen LogP contribution in [0.4, 0.5) is 17.1 Å². The molecule has 276 valence electrons. The maximum atomic E-state index is 6.67. The lowest BCUT2D eigenvalue weighted by Crippen LogP contribution is -2.50. The zero-order valence-electron chi connectivity index (χ0n) is 35.8. The molecule has 1 aromatic heterocycles. The van der Waals surface area contributed by atoms with E-state index in [0.29, 0.717) is 0 Å². The van der Waals surface area contributed by atoms with Crippen LogP contribution in [0, 0.1) is 0 Å². The van der Waals surface area contributed by atoms with Gasteiger partial charge in [0.05, 0.1) is 0 Å². The Hall–Kier alpha value is -6.38. The third-order valence-electron chi connectivity index (χ3n) is 13.5. The predicted molar refractivity (Wildman–Crippen MR) is 285 cm³/mol. The van der Waals surface area contributed by atoms with Gasteiger partial charge in [-0.3, -0.25) is 0 Å². The van der Waals surface area contributed by atoms with Crippen LogP contribution in [-0.4, -0.2) is 62.8 Å². The van der Waals surface area contributed by atoms with Crippen molar-refractivity contribution in [3.63, 3.8) is 0 Å². The molecule has 1 heterocycles. The van der Waals surface area contributed by atoms with Gasteiger partial charge in [-0.05, 0) is 79.9 Å². The van der Waals surface area contributed by atoms with E-state index in [1.54, 1.807) is 0 Å². The number of anilines is 3. The van der Waals surface area contributed by atoms with Crippen LogP contribution >= 0.6 is 0 Å². The van der Waals surface area contributed by atoms with Crippen LogP contribution in [0.25, 0.3) is 76.9 Å². The van der Waals surface area contributed by atoms with Gasteiger partial charge in [-0.25, -0.2) is 0 Å². The van der Waals surface area contributed by atoms with Crippen LogP contribution in [0.1, 0.15) is 0 Å². The highest BCUT2D eigenvalue weighted by atomic mass is 16.3. The van der Waals surface area contributed by atoms with Gasteiger partial charge in [-0.2, -0.15) is 0 Å². The Morgan fingerprint density at radius 1 is 0.367 bits per heavy atom. The van der Waals surface area contributed by atoms with Gasteiger partial charge < -0.3 is 9.32 Å². The van der Waals surface area contributed by atoms with E-state index in [4.69, 9.17) is 4.42 Å². The maximum Gasteiger partial charge on any atom is 0.143 e. The number of furan rings is 1. The van der Waals surface area contributed by atoms with Crippen molar-refractivity contribution in [2.45, 2.75) is 0 Å². The van der Waals surface area contributed by atoms with Crippen molar-refractivity contribution in [1.29, 1.82) is 0 Å². The Labute approximate surface area is 359 Å². The van der Waals surface area contributed by atoms with Crippen molar-refractivity contribution in [1.82, 2.24) is 0 Å². The fourth-order valence-electron chi connectivity index (χ4n) is 10.0. The van der Waals surface area contributed by atoms with Crippen molar-refractivity contribution in [3.05, 3.63) is 152 Å². The average Bonchev–Trinajstić information content (AvgIpc) is 3.67. The Balaban J connectivity index is 1.23. The van der Waals surface area contributed by atoms with Gasteiger partial charge in [0.15, 0.2) is 0 Å². The molecule has 10 aromatic rings. The minimum atomic E-state index is 0.901. The summed E-state index contributed by atoms with van der Waals surface area (Å²) in [5.74, 6) is 0. The van der Waals surface area contributed by atoms with E-state index in [2.05, 4.69) is 219 Å². The molecule has 10 heteroatoms. The van der Waals surface area contributed by atoms with E-state index < -0.39 is 0 Å². The van der Waals surface area contributed by atoms with Crippen molar-refractivity contribution >= 4 is 167 Å². The minimum Gasteiger partial charge on any atom is -0.455 e. The third-order valence-corrected chi connectivity index (χ3v) is 13.5. The van der Waals surface area contributed by atoms with Crippen molar-refractivity contribution in [2.24, 2.45) is 0 Å².